The number of nitrogens with one attached hydrogen (secondary N) is 1. The molecule has 25 heavy (non-hydrogen) atoms. The van der Waals surface area contributed by atoms with Gasteiger partial charge in [-0.25, -0.2) is 4.79 Å². The van der Waals surface area contributed by atoms with Crippen molar-refractivity contribution in [3.63, 3.8) is 0 Å². The molecule has 0 aromatic carbocycles. The van der Waals surface area contributed by atoms with Crippen molar-refractivity contribution >= 4 is 11.9 Å². The summed E-state index contributed by atoms with van der Waals surface area (Å²) in [5.74, 6) is -1.17. The Kier molecular flexibility index (Phi) is 16.1. The molecule has 0 aliphatic rings. The molecular weight excluding hydrogens is 316 g/mol. The van der Waals surface area contributed by atoms with E-state index >= 15 is 0 Å². The molecule has 0 aliphatic heterocycles. The fourth-order valence-corrected chi connectivity index (χ4v) is 2.42. The van der Waals surface area contributed by atoms with Crippen molar-refractivity contribution < 1.29 is 14.7 Å². The first kappa shape index (κ1) is 23.4. The van der Waals surface area contributed by atoms with Crippen LogP contribution in [0.3, 0.4) is 0 Å². The lowest BCUT2D eigenvalue weighted by molar-refractivity contribution is -0.142. The van der Waals surface area contributed by atoms with Gasteiger partial charge in [0.15, 0.2) is 0 Å². The van der Waals surface area contributed by atoms with E-state index in [1.807, 2.05) is 0 Å². The van der Waals surface area contributed by atoms with Gasteiger partial charge in [-0.2, -0.15) is 0 Å². The van der Waals surface area contributed by atoms with Crippen LogP contribution in [-0.2, 0) is 9.59 Å². The Hall–Kier alpha value is -1.62. The van der Waals surface area contributed by atoms with Gasteiger partial charge in [-0.05, 0) is 57.9 Å². The van der Waals surface area contributed by atoms with E-state index in [2.05, 4.69) is 36.5 Å². The van der Waals surface area contributed by atoms with Crippen molar-refractivity contribution in [2.45, 2.75) is 83.6 Å². The quantitative estimate of drug-likeness (QED) is 0.290. The van der Waals surface area contributed by atoms with Gasteiger partial charge < -0.3 is 16.2 Å². The highest BCUT2D eigenvalue weighted by atomic mass is 16.4. The molecule has 0 fully saturated rings. The van der Waals surface area contributed by atoms with Crippen molar-refractivity contribution in [2.75, 3.05) is 6.54 Å². The number of allylic oxidation sites excluding steroid dienone is 4. The maximum atomic E-state index is 11.8. The molecule has 4 N–H and O–H groups in total. The normalized spacial score (nSPS) is 12.7. The summed E-state index contributed by atoms with van der Waals surface area (Å²) in [5.41, 5.74) is 5.40. The number of carbonyl (C=O) groups is 2. The van der Waals surface area contributed by atoms with Crippen LogP contribution in [-0.4, -0.2) is 29.6 Å². The zero-order chi connectivity index (χ0) is 18.8. The number of carboxylic acid groups (broad SMARTS) is 1. The van der Waals surface area contributed by atoms with Crippen LogP contribution >= 0.6 is 0 Å². The number of carboxylic acids is 1. The monoisotopic (exact) mass is 352 g/mol. The van der Waals surface area contributed by atoms with Gasteiger partial charge in [0.1, 0.15) is 6.04 Å². The maximum absolute atomic E-state index is 11.8. The average Bonchev–Trinajstić information content (AvgIpc) is 2.58. The zero-order valence-corrected chi connectivity index (χ0v) is 15.7. The molecular formula is C20H36N2O3. The zero-order valence-electron chi connectivity index (χ0n) is 15.7. The van der Waals surface area contributed by atoms with Crippen molar-refractivity contribution in [1.29, 1.82) is 0 Å². The third-order valence-corrected chi connectivity index (χ3v) is 3.93. The van der Waals surface area contributed by atoms with Gasteiger partial charge in [-0.15, -0.1) is 0 Å². The lowest BCUT2D eigenvalue weighted by atomic mass is 10.1. The van der Waals surface area contributed by atoms with Crippen molar-refractivity contribution in [1.82, 2.24) is 5.32 Å². The summed E-state index contributed by atoms with van der Waals surface area (Å²) in [4.78, 5) is 22.9. The van der Waals surface area contributed by atoms with E-state index in [1.54, 1.807) is 0 Å². The molecule has 0 bridgehead atoms. The Morgan fingerprint density at radius 2 is 1.68 bits per heavy atom. The van der Waals surface area contributed by atoms with Crippen LogP contribution in [0.25, 0.3) is 0 Å². The summed E-state index contributed by atoms with van der Waals surface area (Å²) < 4.78 is 0. The van der Waals surface area contributed by atoms with Gasteiger partial charge in [0.2, 0.25) is 5.91 Å². The van der Waals surface area contributed by atoms with Crippen LogP contribution in [0.5, 0.6) is 0 Å². The molecule has 1 amide bonds. The minimum atomic E-state index is -0.976. The predicted molar refractivity (Wildman–Crippen MR) is 103 cm³/mol. The third-order valence-electron chi connectivity index (χ3n) is 3.93. The van der Waals surface area contributed by atoms with Crippen LogP contribution in [0, 0.1) is 0 Å². The minimum absolute atomic E-state index is 0.190. The van der Waals surface area contributed by atoms with Crippen molar-refractivity contribution in [2.24, 2.45) is 5.73 Å². The van der Waals surface area contributed by atoms with Gasteiger partial charge in [0.05, 0.1) is 0 Å². The highest BCUT2D eigenvalue weighted by Crippen LogP contribution is 2.04. The predicted octanol–water partition coefficient (Wildman–Crippen LogP) is 3.94. The topological polar surface area (TPSA) is 92.4 Å². The molecule has 0 saturated heterocycles. The van der Waals surface area contributed by atoms with Gasteiger partial charge in [0, 0.05) is 6.42 Å². The Labute approximate surface area is 152 Å². The summed E-state index contributed by atoms with van der Waals surface area (Å²) in [5, 5.41) is 11.7. The first-order chi connectivity index (χ1) is 12.1. The third kappa shape index (κ3) is 15.6. The second kappa shape index (κ2) is 17.2. The highest BCUT2D eigenvalue weighted by Gasteiger charge is 2.18. The SMILES string of the molecule is CCCCCC=CCC=CCCCC(=O)NC(CCCCN)C(=O)O. The first-order valence-corrected chi connectivity index (χ1v) is 9.64. The van der Waals surface area contributed by atoms with Crippen LogP contribution < -0.4 is 11.1 Å². The number of nitrogens with two attached hydrogens (primary N) is 1. The molecule has 0 heterocycles. The van der Waals surface area contributed by atoms with E-state index in [0.29, 0.717) is 25.8 Å². The summed E-state index contributed by atoms with van der Waals surface area (Å²) in [6, 6.07) is -0.799. The lowest BCUT2D eigenvalue weighted by Gasteiger charge is -2.14. The van der Waals surface area contributed by atoms with Crippen molar-refractivity contribution in [3.05, 3.63) is 24.3 Å². The van der Waals surface area contributed by atoms with E-state index in [0.717, 1.165) is 32.1 Å². The van der Waals surface area contributed by atoms with Crippen molar-refractivity contribution in [3.8, 4) is 0 Å². The first-order valence-electron chi connectivity index (χ1n) is 9.64. The average molecular weight is 353 g/mol. The Morgan fingerprint density at radius 3 is 2.28 bits per heavy atom. The van der Waals surface area contributed by atoms with Crippen LogP contribution in [0.2, 0.25) is 0 Å². The van der Waals surface area contributed by atoms with E-state index in [-0.39, 0.29) is 5.91 Å². The Bertz CT molecular complexity index is 406. The molecule has 0 spiro atoms. The van der Waals surface area contributed by atoms with E-state index in [9.17, 15) is 9.59 Å². The Morgan fingerprint density at radius 1 is 1.00 bits per heavy atom. The van der Waals surface area contributed by atoms with Gasteiger partial charge >= 0.3 is 5.97 Å². The summed E-state index contributed by atoms with van der Waals surface area (Å²) in [7, 11) is 0. The van der Waals surface area contributed by atoms with Gasteiger partial charge in [0.25, 0.3) is 0 Å². The number of aliphatic carboxylic acids is 1. The molecule has 0 aromatic rings. The summed E-state index contributed by atoms with van der Waals surface area (Å²) >= 11 is 0. The maximum Gasteiger partial charge on any atom is 0.326 e. The Balaban J connectivity index is 3.76. The molecule has 0 saturated carbocycles. The standard InChI is InChI=1S/C20H36N2O3/c1-2-3-4-5-6-7-8-9-10-11-12-16-19(23)22-18(20(24)25)15-13-14-17-21/h6-7,9-10,18H,2-5,8,11-17,21H2,1H3,(H,22,23)(H,24,25). The molecule has 0 aromatic heterocycles. The van der Waals surface area contributed by atoms with Crippen LogP contribution in [0.4, 0.5) is 0 Å². The number of carbonyl (C=O) groups excluding carboxylic acids is 1. The van der Waals surface area contributed by atoms with E-state index < -0.39 is 12.0 Å². The molecule has 0 aliphatic carbocycles. The minimum Gasteiger partial charge on any atom is -0.480 e. The van der Waals surface area contributed by atoms with Crippen LogP contribution in [0.1, 0.15) is 77.6 Å². The second-order valence-electron chi connectivity index (χ2n) is 6.31. The molecule has 5 heteroatoms. The second-order valence-corrected chi connectivity index (χ2v) is 6.31. The molecule has 1 unspecified atom stereocenters. The number of hydrogen-bond donors (Lipinski definition) is 3. The summed E-state index contributed by atoms with van der Waals surface area (Å²) in [6.07, 6.45) is 18.3. The van der Waals surface area contributed by atoms with Gasteiger partial charge in [-0.3, -0.25) is 4.79 Å². The molecule has 0 radical (unpaired) electrons. The fourth-order valence-electron chi connectivity index (χ4n) is 2.42. The molecule has 0 rings (SSSR count). The number of hydrogen-bond acceptors (Lipinski definition) is 3. The van der Waals surface area contributed by atoms with E-state index in [1.165, 1.54) is 19.3 Å². The van der Waals surface area contributed by atoms with E-state index in [4.69, 9.17) is 10.8 Å². The molecule has 1 atom stereocenters. The summed E-state index contributed by atoms with van der Waals surface area (Å²) in [6.45, 7) is 2.75. The van der Waals surface area contributed by atoms with Gasteiger partial charge in [-0.1, -0.05) is 44.1 Å². The number of unbranched alkanes of at least 4 members (excludes halogenated alkanes) is 5. The number of rotatable bonds is 16. The highest BCUT2D eigenvalue weighted by molar-refractivity contribution is 5.83. The molecule has 5 nitrogen and oxygen atoms in total. The lowest BCUT2D eigenvalue weighted by Crippen LogP contribution is -2.40. The van der Waals surface area contributed by atoms with Crippen LogP contribution in [0.15, 0.2) is 24.3 Å². The fraction of sp³-hybridized carbons (Fsp3) is 0.700. The number of amides is 1. The smallest absolute Gasteiger partial charge is 0.326 e. The molecule has 144 valence electrons. The largest absolute Gasteiger partial charge is 0.480 e.